The Morgan fingerprint density at radius 2 is 1.48 bits per heavy atom. The normalized spacial score (nSPS) is 20.4. The molecule has 0 saturated carbocycles. The minimum Gasteiger partial charge on any atom is -0.508 e. The van der Waals surface area contributed by atoms with Crippen molar-refractivity contribution in [2.75, 3.05) is 0 Å². The number of fused-ring (bicyclic) bond motifs is 1. The first-order valence-electron chi connectivity index (χ1n) is 6.65. The molecule has 0 amide bonds. The topological polar surface area (TPSA) is 135 Å². The van der Waals surface area contributed by atoms with Gasteiger partial charge in [0.1, 0.15) is 17.6 Å². The van der Waals surface area contributed by atoms with E-state index in [9.17, 15) is 35.1 Å². The van der Waals surface area contributed by atoms with Crippen LogP contribution in [0.25, 0.3) is 0 Å². The quantitative estimate of drug-likeness (QED) is 0.496. The minimum absolute atomic E-state index is 0.125. The van der Waals surface area contributed by atoms with Gasteiger partial charge in [-0.1, -0.05) is 6.07 Å². The van der Waals surface area contributed by atoms with E-state index in [2.05, 4.69) is 0 Å². The monoisotopic (exact) mass is 316 g/mol. The number of hydrogen-bond acceptors (Lipinski definition) is 7. The van der Waals surface area contributed by atoms with Gasteiger partial charge in [-0.25, -0.2) is 0 Å². The third-order valence-corrected chi connectivity index (χ3v) is 3.84. The summed E-state index contributed by atoms with van der Waals surface area (Å²) < 4.78 is 0. The summed E-state index contributed by atoms with van der Waals surface area (Å²) in [7, 11) is 0. The molecular formula is C16H12O7. The Labute approximate surface area is 129 Å². The number of phenols is 4. The molecule has 0 aromatic heterocycles. The number of phenolic OH excluding ortho intramolecular Hbond substituents is 4. The molecule has 7 nitrogen and oxygen atoms in total. The molecule has 0 spiro atoms. The van der Waals surface area contributed by atoms with E-state index in [0.717, 1.165) is 24.3 Å². The number of aliphatic hydroxyl groups excluding tert-OH is 1. The molecule has 0 heterocycles. The third-order valence-electron chi connectivity index (χ3n) is 3.84. The van der Waals surface area contributed by atoms with Gasteiger partial charge >= 0.3 is 0 Å². The Balaban J connectivity index is 2.19. The van der Waals surface area contributed by atoms with Gasteiger partial charge in [-0.15, -0.1) is 0 Å². The number of carbonyl (C=O) groups is 2. The maximum atomic E-state index is 12.6. The van der Waals surface area contributed by atoms with Crippen molar-refractivity contribution in [1.29, 1.82) is 0 Å². The van der Waals surface area contributed by atoms with Crippen LogP contribution in [0.3, 0.4) is 0 Å². The van der Waals surface area contributed by atoms with Gasteiger partial charge < -0.3 is 25.5 Å². The molecule has 1 aliphatic carbocycles. The van der Waals surface area contributed by atoms with Crippen molar-refractivity contribution >= 4 is 11.6 Å². The fourth-order valence-electron chi connectivity index (χ4n) is 2.74. The Hall–Kier alpha value is -3.06. The summed E-state index contributed by atoms with van der Waals surface area (Å²) in [5.41, 5.74) is -0.436. The largest absolute Gasteiger partial charge is 0.508 e. The Kier molecular flexibility index (Phi) is 3.23. The Morgan fingerprint density at radius 3 is 2.13 bits per heavy atom. The number of benzene rings is 2. The van der Waals surface area contributed by atoms with Crippen LogP contribution in [0.1, 0.15) is 32.2 Å². The molecule has 3 rings (SSSR count). The zero-order valence-corrected chi connectivity index (χ0v) is 11.6. The molecule has 1 aliphatic rings. The van der Waals surface area contributed by atoms with E-state index in [-0.39, 0.29) is 16.7 Å². The van der Waals surface area contributed by atoms with E-state index >= 15 is 0 Å². The van der Waals surface area contributed by atoms with E-state index in [4.69, 9.17) is 0 Å². The zero-order chi connectivity index (χ0) is 16.9. The van der Waals surface area contributed by atoms with Crippen molar-refractivity contribution < 1.29 is 35.1 Å². The highest BCUT2D eigenvalue weighted by atomic mass is 16.3. The molecule has 7 heteroatoms. The van der Waals surface area contributed by atoms with Gasteiger partial charge in [-0.3, -0.25) is 9.59 Å². The summed E-state index contributed by atoms with van der Waals surface area (Å²) in [5, 5.41) is 48.3. The van der Waals surface area contributed by atoms with Gasteiger partial charge in [0.15, 0.2) is 23.1 Å². The summed E-state index contributed by atoms with van der Waals surface area (Å²) in [5.74, 6) is -4.77. The number of aliphatic hydroxyl groups is 1. The maximum Gasteiger partial charge on any atom is 0.196 e. The highest BCUT2D eigenvalue weighted by Crippen LogP contribution is 2.40. The fourth-order valence-corrected chi connectivity index (χ4v) is 2.74. The number of carbonyl (C=O) groups excluding carboxylic acids is 2. The van der Waals surface area contributed by atoms with Crippen LogP contribution in [-0.4, -0.2) is 43.2 Å². The summed E-state index contributed by atoms with van der Waals surface area (Å²) >= 11 is 0. The molecule has 2 aromatic carbocycles. The fraction of sp³-hybridized carbons (Fsp3) is 0.125. The van der Waals surface area contributed by atoms with E-state index in [0.29, 0.717) is 0 Å². The van der Waals surface area contributed by atoms with E-state index < -0.39 is 46.6 Å². The van der Waals surface area contributed by atoms with Crippen LogP contribution in [0.15, 0.2) is 30.3 Å². The molecule has 2 atom stereocenters. The first kappa shape index (κ1) is 14.9. The van der Waals surface area contributed by atoms with Crippen LogP contribution in [-0.2, 0) is 0 Å². The number of Topliss-reactive ketones (excluding diaryl/α,β-unsaturated/α-hetero) is 2. The smallest absolute Gasteiger partial charge is 0.196 e. The van der Waals surface area contributed by atoms with Crippen LogP contribution in [0.5, 0.6) is 23.0 Å². The van der Waals surface area contributed by atoms with Crippen molar-refractivity contribution in [3.8, 4) is 23.0 Å². The second kappa shape index (κ2) is 4.99. The van der Waals surface area contributed by atoms with Crippen molar-refractivity contribution in [1.82, 2.24) is 0 Å². The standard InChI is InChI=1S/C16H12O7/c17-7-4-8-13(11(20)5-7)16(23)15(22)12(14(8)21)6-1-2-9(18)10(19)3-6/h1-5,12,15,17-20,22H/t12-,15+/m1/s1. The molecular weight excluding hydrogens is 304 g/mol. The van der Waals surface area contributed by atoms with Crippen LogP contribution < -0.4 is 0 Å². The Morgan fingerprint density at radius 1 is 0.783 bits per heavy atom. The van der Waals surface area contributed by atoms with E-state index in [1.807, 2.05) is 0 Å². The second-order valence-electron chi connectivity index (χ2n) is 5.29. The van der Waals surface area contributed by atoms with Crippen LogP contribution in [0.4, 0.5) is 0 Å². The molecule has 23 heavy (non-hydrogen) atoms. The van der Waals surface area contributed by atoms with Gasteiger partial charge in [-0.2, -0.15) is 0 Å². The van der Waals surface area contributed by atoms with Gasteiger partial charge in [-0.05, 0) is 23.8 Å². The average Bonchev–Trinajstić information content (AvgIpc) is 2.48. The number of rotatable bonds is 1. The van der Waals surface area contributed by atoms with E-state index in [1.54, 1.807) is 0 Å². The molecule has 0 saturated heterocycles. The van der Waals surface area contributed by atoms with Gasteiger partial charge in [0.05, 0.1) is 11.5 Å². The average molecular weight is 316 g/mol. The number of hydrogen-bond donors (Lipinski definition) is 5. The van der Waals surface area contributed by atoms with Gasteiger partial charge in [0.25, 0.3) is 0 Å². The predicted molar refractivity (Wildman–Crippen MR) is 77.0 cm³/mol. The second-order valence-corrected chi connectivity index (χ2v) is 5.29. The molecule has 0 bridgehead atoms. The number of aromatic hydroxyl groups is 4. The lowest BCUT2D eigenvalue weighted by atomic mass is 9.76. The summed E-state index contributed by atoms with van der Waals surface area (Å²) in [6.07, 6.45) is -1.76. The van der Waals surface area contributed by atoms with Crippen molar-refractivity contribution in [3.05, 3.63) is 47.0 Å². The predicted octanol–water partition coefficient (Wildman–Crippen LogP) is 1.03. The number of ketones is 2. The summed E-state index contributed by atoms with van der Waals surface area (Å²) in [6.45, 7) is 0. The first-order valence-corrected chi connectivity index (χ1v) is 6.65. The summed E-state index contributed by atoms with van der Waals surface area (Å²) in [4.78, 5) is 24.9. The lowest BCUT2D eigenvalue weighted by Gasteiger charge is -2.28. The molecule has 118 valence electrons. The molecule has 2 aromatic rings. The molecule has 0 aliphatic heterocycles. The lowest BCUT2D eigenvalue weighted by Crippen LogP contribution is -2.39. The van der Waals surface area contributed by atoms with Gasteiger partial charge in [0, 0.05) is 11.6 Å². The van der Waals surface area contributed by atoms with Gasteiger partial charge in [0.2, 0.25) is 0 Å². The molecule has 0 unspecified atom stereocenters. The maximum absolute atomic E-state index is 12.6. The zero-order valence-electron chi connectivity index (χ0n) is 11.6. The molecule has 0 fully saturated rings. The molecule has 5 N–H and O–H groups in total. The lowest BCUT2D eigenvalue weighted by molar-refractivity contribution is 0.0594. The van der Waals surface area contributed by atoms with Crippen molar-refractivity contribution in [2.45, 2.75) is 12.0 Å². The highest BCUT2D eigenvalue weighted by molar-refractivity contribution is 6.20. The highest BCUT2D eigenvalue weighted by Gasteiger charge is 2.43. The SMILES string of the molecule is O=C1c2c(O)cc(O)cc2C(=O)[C@@H](c2ccc(O)c(O)c2)[C@@H]1O. The Bertz CT molecular complexity index is 841. The van der Waals surface area contributed by atoms with Crippen molar-refractivity contribution in [3.63, 3.8) is 0 Å². The summed E-state index contributed by atoms with van der Waals surface area (Å²) in [6, 6.07) is 5.44. The minimum atomic E-state index is -1.76. The van der Waals surface area contributed by atoms with Crippen LogP contribution in [0.2, 0.25) is 0 Å². The molecule has 0 radical (unpaired) electrons. The van der Waals surface area contributed by atoms with Crippen molar-refractivity contribution in [2.24, 2.45) is 0 Å². The van der Waals surface area contributed by atoms with Crippen LogP contribution in [0, 0.1) is 0 Å². The van der Waals surface area contributed by atoms with Crippen LogP contribution >= 0.6 is 0 Å². The first-order chi connectivity index (χ1) is 10.8. The van der Waals surface area contributed by atoms with E-state index in [1.165, 1.54) is 6.07 Å². The third kappa shape index (κ3) is 2.18.